The number of rotatable bonds is 4. The van der Waals surface area contributed by atoms with Gasteiger partial charge in [0.15, 0.2) is 9.84 Å². The largest absolute Gasteiger partial charge is 0.297 e. The van der Waals surface area contributed by atoms with Gasteiger partial charge in [-0.15, -0.1) is 0 Å². The van der Waals surface area contributed by atoms with Gasteiger partial charge in [0.1, 0.15) is 0 Å². The van der Waals surface area contributed by atoms with Gasteiger partial charge in [0.25, 0.3) is 0 Å². The molecule has 2 fully saturated rings. The third-order valence-corrected chi connectivity index (χ3v) is 7.43. The van der Waals surface area contributed by atoms with Gasteiger partial charge >= 0.3 is 0 Å². The summed E-state index contributed by atoms with van der Waals surface area (Å²) in [6.07, 6.45) is 1.93. The summed E-state index contributed by atoms with van der Waals surface area (Å²) in [5.41, 5.74) is 2.03. The molecule has 2 saturated heterocycles. The van der Waals surface area contributed by atoms with E-state index < -0.39 is 9.84 Å². The average Bonchev–Trinajstić information content (AvgIpc) is 3.05. The van der Waals surface area contributed by atoms with Gasteiger partial charge in [0, 0.05) is 45.1 Å². The van der Waals surface area contributed by atoms with Gasteiger partial charge in [-0.05, 0) is 12.0 Å². The Morgan fingerprint density at radius 1 is 1.04 bits per heavy atom. The maximum atomic E-state index is 12.3. The van der Waals surface area contributed by atoms with Crippen LogP contribution in [0.1, 0.15) is 24.8 Å². The third-order valence-electron chi connectivity index (χ3n) is 5.68. The number of piperazine rings is 1. The van der Waals surface area contributed by atoms with E-state index in [0.717, 1.165) is 43.9 Å². The lowest BCUT2D eigenvalue weighted by molar-refractivity contribution is -0.134. The van der Waals surface area contributed by atoms with Crippen molar-refractivity contribution in [3.63, 3.8) is 0 Å². The number of carbonyl (C=O) groups excluding carboxylic acids is 1. The van der Waals surface area contributed by atoms with Crippen LogP contribution in [0.25, 0.3) is 0 Å². The highest BCUT2D eigenvalue weighted by molar-refractivity contribution is 7.91. The summed E-state index contributed by atoms with van der Waals surface area (Å²) in [4.78, 5) is 16.8. The van der Waals surface area contributed by atoms with Gasteiger partial charge < -0.3 is 0 Å². The van der Waals surface area contributed by atoms with Crippen LogP contribution in [-0.4, -0.2) is 85.2 Å². The molecule has 3 aliphatic rings. The quantitative estimate of drug-likeness (QED) is 0.760. The Labute approximate surface area is 160 Å². The molecule has 0 N–H and O–H groups in total. The predicted octanol–water partition coefficient (Wildman–Crippen LogP) is 0.775. The van der Waals surface area contributed by atoms with E-state index >= 15 is 0 Å². The summed E-state index contributed by atoms with van der Waals surface area (Å²) in [7, 11) is -2.85. The average molecular weight is 391 g/mol. The van der Waals surface area contributed by atoms with Crippen molar-refractivity contribution < 1.29 is 13.2 Å². The van der Waals surface area contributed by atoms with E-state index in [0.29, 0.717) is 31.0 Å². The topological polar surface area (TPSA) is 73.3 Å². The van der Waals surface area contributed by atoms with E-state index in [4.69, 9.17) is 0 Å². The Morgan fingerprint density at radius 2 is 1.78 bits per heavy atom. The maximum absolute atomic E-state index is 12.3. The van der Waals surface area contributed by atoms with E-state index in [-0.39, 0.29) is 11.9 Å². The SMILES string of the molecule is O=C1CCC(c2ccccc2)=NN1CN1CCN(C2CCS(=O)(=O)C2)CC1. The van der Waals surface area contributed by atoms with Crippen molar-refractivity contribution in [3.8, 4) is 0 Å². The van der Waals surface area contributed by atoms with Crippen LogP contribution in [-0.2, 0) is 14.6 Å². The van der Waals surface area contributed by atoms with Crippen molar-refractivity contribution in [1.82, 2.24) is 14.8 Å². The van der Waals surface area contributed by atoms with Crippen LogP contribution < -0.4 is 0 Å². The van der Waals surface area contributed by atoms with Crippen LogP contribution in [0.15, 0.2) is 35.4 Å². The minimum atomic E-state index is -2.85. The normalized spacial score (nSPS) is 27.0. The van der Waals surface area contributed by atoms with Gasteiger partial charge in [-0.2, -0.15) is 5.10 Å². The molecule has 3 heterocycles. The third kappa shape index (κ3) is 4.39. The second kappa shape index (κ2) is 7.69. The molecule has 4 rings (SSSR count). The van der Waals surface area contributed by atoms with E-state index in [2.05, 4.69) is 14.9 Å². The van der Waals surface area contributed by atoms with Gasteiger partial charge in [-0.3, -0.25) is 14.6 Å². The molecule has 7 nitrogen and oxygen atoms in total. The summed E-state index contributed by atoms with van der Waals surface area (Å²) >= 11 is 0. The number of amides is 1. The lowest BCUT2D eigenvalue weighted by atomic mass is 10.0. The summed E-state index contributed by atoms with van der Waals surface area (Å²) in [5, 5.41) is 6.21. The summed E-state index contributed by atoms with van der Waals surface area (Å²) in [5.74, 6) is 0.679. The monoisotopic (exact) mass is 390 g/mol. The van der Waals surface area contributed by atoms with Crippen molar-refractivity contribution in [2.45, 2.75) is 25.3 Å². The molecule has 27 heavy (non-hydrogen) atoms. The molecule has 3 aliphatic heterocycles. The summed E-state index contributed by atoms with van der Waals surface area (Å²) in [6.45, 7) is 3.86. The van der Waals surface area contributed by atoms with E-state index in [1.54, 1.807) is 5.01 Å². The molecule has 0 aliphatic carbocycles. The molecule has 0 spiro atoms. The van der Waals surface area contributed by atoms with Crippen LogP contribution in [0.2, 0.25) is 0 Å². The van der Waals surface area contributed by atoms with Crippen molar-refractivity contribution in [2.24, 2.45) is 5.10 Å². The van der Waals surface area contributed by atoms with Crippen LogP contribution >= 0.6 is 0 Å². The lowest BCUT2D eigenvalue weighted by Crippen LogP contribution is -2.53. The zero-order valence-electron chi connectivity index (χ0n) is 15.5. The number of sulfone groups is 1. The van der Waals surface area contributed by atoms with Crippen LogP contribution in [0.5, 0.6) is 0 Å². The van der Waals surface area contributed by atoms with Crippen LogP contribution in [0, 0.1) is 0 Å². The minimum absolute atomic E-state index is 0.0685. The Bertz CT molecular complexity index is 817. The Morgan fingerprint density at radius 3 is 2.44 bits per heavy atom. The summed E-state index contributed by atoms with van der Waals surface area (Å²) in [6, 6.07) is 10.2. The highest BCUT2D eigenvalue weighted by Gasteiger charge is 2.34. The number of hydrazone groups is 1. The zero-order chi connectivity index (χ0) is 18.9. The lowest BCUT2D eigenvalue weighted by Gasteiger charge is -2.39. The molecule has 1 aromatic rings. The fraction of sp³-hybridized carbons (Fsp3) is 0.579. The van der Waals surface area contributed by atoms with Gasteiger partial charge in [0.05, 0.1) is 23.9 Å². The van der Waals surface area contributed by atoms with Crippen molar-refractivity contribution in [3.05, 3.63) is 35.9 Å². The minimum Gasteiger partial charge on any atom is -0.297 e. The molecular formula is C19H26N4O3S. The summed E-state index contributed by atoms with van der Waals surface area (Å²) < 4.78 is 23.4. The molecule has 0 aromatic heterocycles. The van der Waals surface area contributed by atoms with Gasteiger partial charge in [0.2, 0.25) is 5.91 Å². The first kappa shape index (κ1) is 18.6. The fourth-order valence-electron chi connectivity index (χ4n) is 4.07. The molecular weight excluding hydrogens is 364 g/mol. The molecule has 1 aromatic carbocycles. The van der Waals surface area contributed by atoms with Crippen molar-refractivity contribution in [2.75, 3.05) is 44.4 Å². The maximum Gasteiger partial charge on any atom is 0.244 e. The first-order chi connectivity index (χ1) is 13.0. The number of nitrogens with zero attached hydrogens (tertiary/aromatic N) is 4. The molecule has 8 heteroatoms. The second-order valence-corrected chi connectivity index (χ2v) is 9.79. The standard InChI is InChI=1S/C19H26N4O3S/c24-19-7-6-18(16-4-2-1-3-5-16)20-23(19)15-21-9-11-22(12-10-21)17-8-13-27(25,26)14-17/h1-5,17H,6-15H2. The van der Waals surface area contributed by atoms with E-state index in [9.17, 15) is 13.2 Å². The zero-order valence-corrected chi connectivity index (χ0v) is 16.3. The second-order valence-electron chi connectivity index (χ2n) is 7.56. The fourth-order valence-corrected chi connectivity index (χ4v) is 5.83. The highest BCUT2D eigenvalue weighted by atomic mass is 32.2. The number of carbonyl (C=O) groups is 1. The number of hydrogen-bond acceptors (Lipinski definition) is 6. The first-order valence-electron chi connectivity index (χ1n) is 9.60. The van der Waals surface area contributed by atoms with Gasteiger partial charge in [-0.1, -0.05) is 30.3 Å². The Balaban J connectivity index is 1.35. The predicted molar refractivity (Wildman–Crippen MR) is 104 cm³/mol. The van der Waals surface area contributed by atoms with E-state index in [1.807, 2.05) is 30.3 Å². The molecule has 0 bridgehead atoms. The molecule has 1 unspecified atom stereocenters. The smallest absolute Gasteiger partial charge is 0.244 e. The van der Waals surface area contributed by atoms with Crippen LogP contribution in [0.3, 0.4) is 0 Å². The van der Waals surface area contributed by atoms with Crippen molar-refractivity contribution in [1.29, 1.82) is 0 Å². The van der Waals surface area contributed by atoms with Crippen molar-refractivity contribution >= 4 is 21.5 Å². The highest BCUT2D eigenvalue weighted by Crippen LogP contribution is 2.20. The van der Waals surface area contributed by atoms with Crippen LogP contribution in [0.4, 0.5) is 0 Å². The first-order valence-corrected chi connectivity index (χ1v) is 11.4. The number of benzene rings is 1. The molecule has 1 atom stereocenters. The number of hydrogen-bond donors (Lipinski definition) is 0. The molecule has 1 amide bonds. The molecule has 146 valence electrons. The Kier molecular flexibility index (Phi) is 5.29. The van der Waals surface area contributed by atoms with Gasteiger partial charge in [-0.25, -0.2) is 13.4 Å². The Hall–Kier alpha value is -1.77. The molecule has 0 saturated carbocycles. The molecule has 0 radical (unpaired) electrons. The van der Waals surface area contributed by atoms with E-state index in [1.165, 1.54) is 0 Å².